The summed E-state index contributed by atoms with van der Waals surface area (Å²) < 4.78 is 6.49. The van der Waals surface area contributed by atoms with Crippen molar-refractivity contribution in [3.05, 3.63) is 34.7 Å². The molecule has 0 unspecified atom stereocenters. The lowest BCUT2D eigenvalue weighted by molar-refractivity contribution is 0.0489. The number of hydrogen-bond donors (Lipinski definition) is 1. The number of aliphatic hydroxyl groups excluding tert-OH is 1. The Balaban J connectivity index is 1.57. The van der Waals surface area contributed by atoms with Crippen molar-refractivity contribution >= 4 is 27.3 Å². The van der Waals surface area contributed by atoms with Crippen molar-refractivity contribution in [2.24, 2.45) is 0 Å². The first kappa shape index (κ1) is 17.4. The number of nitrogens with zero attached hydrogens (tertiary/aromatic N) is 2. The molecule has 2 heterocycles. The first-order valence-corrected chi connectivity index (χ1v) is 9.20. The minimum atomic E-state index is 0.0663. The van der Waals surface area contributed by atoms with Gasteiger partial charge in [0.25, 0.3) is 5.91 Å². The Bertz CT molecular complexity index is 693. The van der Waals surface area contributed by atoms with Crippen LogP contribution < -0.4 is 0 Å². The van der Waals surface area contributed by atoms with E-state index < -0.39 is 0 Å². The second-order valence-electron chi connectivity index (χ2n) is 6.02. The Morgan fingerprint density at radius 1 is 1.21 bits per heavy atom. The number of fused-ring (bicyclic) bond motifs is 1. The smallest absolute Gasteiger partial charge is 0.264 e. The maximum Gasteiger partial charge on any atom is 0.264 e. The summed E-state index contributed by atoms with van der Waals surface area (Å²) in [7, 11) is 0. The van der Waals surface area contributed by atoms with Gasteiger partial charge in [-0.05, 0) is 23.9 Å². The molecule has 24 heavy (non-hydrogen) atoms. The largest absolute Gasteiger partial charge is 0.394 e. The first-order valence-electron chi connectivity index (χ1n) is 8.39. The van der Waals surface area contributed by atoms with Crippen LogP contribution in [0.1, 0.15) is 15.2 Å². The number of hydrogen-bond acceptors (Lipinski definition) is 5. The van der Waals surface area contributed by atoms with E-state index in [1.807, 2.05) is 24.0 Å². The van der Waals surface area contributed by atoms with Gasteiger partial charge in [0, 0.05) is 37.4 Å². The number of amides is 1. The highest BCUT2D eigenvalue weighted by atomic mass is 32.1. The van der Waals surface area contributed by atoms with Gasteiger partial charge < -0.3 is 14.7 Å². The average molecular weight is 348 g/mol. The van der Waals surface area contributed by atoms with E-state index in [-0.39, 0.29) is 12.5 Å². The number of thiophene rings is 1. The lowest BCUT2D eigenvalue weighted by Gasteiger charge is -2.34. The Hall–Kier alpha value is -1.47. The third kappa shape index (κ3) is 3.78. The number of rotatable bonds is 6. The monoisotopic (exact) mass is 348 g/mol. The van der Waals surface area contributed by atoms with Gasteiger partial charge in [-0.25, -0.2) is 0 Å². The molecule has 1 N–H and O–H groups in total. The van der Waals surface area contributed by atoms with E-state index in [0.29, 0.717) is 13.2 Å². The third-order valence-electron chi connectivity index (χ3n) is 4.48. The van der Waals surface area contributed by atoms with Crippen molar-refractivity contribution in [1.29, 1.82) is 0 Å². The van der Waals surface area contributed by atoms with Crippen LogP contribution in [0.25, 0.3) is 10.1 Å². The summed E-state index contributed by atoms with van der Waals surface area (Å²) in [5, 5.41) is 9.89. The number of carbonyl (C=O) groups is 1. The van der Waals surface area contributed by atoms with E-state index in [9.17, 15) is 4.79 Å². The molecule has 1 amide bonds. The van der Waals surface area contributed by atoms with Gasteiger partial charge >= 0.3 is 0 Å². The minimum absolute atomic E-state index is 0.0663. The highest BCUT2D eigenvalue weighted by Crippen LogP contribution is 2.31. The molecule has 0 aliphatic carbocycles. The van der Waals surface area contributed by atoms with E-state index in [4.69, 9.17) is 9.84 Å². The number of carbonyl (C=O) groups excluding carboxylic acids is 1. The molecule has 1 aromatic heterocycles. The van der Waals surface area contributed by atoms with Gasteiger partial charge in [-0.15, -0.1) is 11.3 Å². The van der Waals surface area contributed by atoms with Crippen molar-refractivity contribution in [3.63, 3.8) is 0 Å². The van der Waals surface area contributed by atoms with Crippen molar-refractivity contribution in [3.8, 4) is 0 Å². The molecule has 1 fully saturated rings. The number of ether oxygens (including phenoxy) is 1. The molecule has 3 rings (SSSR count). The van der Waals surface area contributed by atoms with Crippen molar-refractivity contribution < 1.29 is 14.6 Å². The lowest BCUT2D eigenvalue weighted by atomic mass is 10.1. The zero-order valence-corrected chi connectivity index (χ0v) is 14.8. The molecule has 0 spiro atoms. The van der Waals surface area contributed by atoms with Crippen LogP contribution in [0.2, 0.25) is 0 Å². The van der Waals surface area contributed by atoms with Crippen molar-refractivity contribution in [2.75, 3.05) is 52.5 Å². The summed E-state index contributed by atoms with van der Waals surface area (Å²) in [6.07, 6.45) is 0. The van der Waals surface area contributed by atoms with Gasteiger partial charge in [0.15, 0.2) is 0 Å². The van der Waals surface area contributed by atoms with Gasteiger partial charge in [-0.1, -0.05) is 18.2 Å². The number of piperazine rings is 1. The quantitative estimate of drug-likeness (QED) is 0.811. The zero-order valence-electron chi connectivity index (χ0n) is 14.0. The van der Waals surface area contributed by atoms with Crippen LogP contribution in [-0.4, -0.2) is 73.4 Å². The van der Waals surface area contributed by atoms with E-state index in [2.05, 4.69) is 17.0 Å². The number of aryl methyl sites for hydroxylation is 1. The molecule has 0 saturated carbocycles. The van der Waals surface area contributed by atoms with Crippen LogP contribution in [-0.2, 0) is 4.74 Å². The van der Waals surface area contributed by atoms with Crippen LogP contribution in [0.4, 0.5) is 0 Å². The lowest BCUT2D eigenvalue weighted by Crippen LogP contribution is -2.49. The average Bonchev–Trinajstić information content (AvgIpc) is 2.96. The summed E-state index contributed by atoms with van der Waals surface area (Å²) >= 11 is 1.60. The van der Waals surface area contributed by atoms with Gasteiger partial charge in [-0.2, -0.15) is 0 Å². The van der Waals surface area contributed by atoms with Crippen LogP contribution >= 0.6 is 11.3 Å². The van der Waals surface area contributed by atoms with Crippen molar-refractivity contribution in [2.45, 2.75) is 6.92 Å². The second kappa shape index (κ2) is 8.07. The van der Waals surface area contributed by atoms with Crippen LogP contribution in [0.15, 0.2) is 24.3 Å². The molecule has 6 heteroatoms. The fourth-order valence-corrected chi connectivity index (χ4v) is 4.23. The SMILES string of the molecule is Cc1c(C(=O)N2CCN(CCOCCO)CC2)sc2ccccc12. The van der Waals surface area contributed by atoms with Gasteiger partial charge in [0.05, 0.1) is 24.7 Å². The fraction of sp³-hybridized carbons (Fsp3) is 0.500. The van der Waals surface area contributed by atoms with Crippen LogP contribution in [0, 0.1) is 6.92 Å². The summed E-state index contributed by atoms with van der Waals surface area (Å²) in [6.45, 7) is 7.24. The summed E-state index contributed by atoms with van der Waals surface area (Å²) in [5.74, 6) is 0.157. The minimum Gasteiger partial charge on any atom is -0.394 e. The molecule has 130 valence electrons. The molecular weight excluding hydrogens is 324 g/mol. The number of aliphatic hydroxyl groups is 1. The standard InChI is InChI=1S/C18H24N2O3S/c1-14-15-4-2-3-5-16(15)24-17(14)18(22)20-8-6-19(7-9-20)10-12-23-13-11-21/h2-5,21H,6-13H2,1H3. The Morgan fingerprint density at radius 2 is 1.96 bits per heavy atom. The topological polar surface area (TPSA) is 53.0 Å². The highest BCUT2D eigenvalue weighted by molar-refractivity contribution is 7.21. The zero-order chi connectivity index (χ0) is 16.9. The molecule has 2 aromatic rings. The molecular formula is C18H24N2O3S. The Morgan fingerprint density at radius 3 is 2.67 bits per heavy atom. The molecule has 1 saturated heterocycles. The van der Waals surface area contributed by atoms with E-state index >= 15 is 0 Å². The summed E-state index contributed by atoms with van der Waals surface area (Å²) in [6, 6.07) is 8.20. The Kier molecular flexibility index (Phi) is 5.84. The molecule has 5 nitrogen and oxygen atoms in total. The number of benzene rings is 1. The van der Waals surface area contributed by atoms with Gasteiger partial charge in [0.2, 0.25) is 0 Å². The summed E-state index contributed by atoms with van der Waals surface area (Å²) in [5.41, 5.74) is 1.10. The molecule has 0 atom stereocenters. The maximum absolute atomic E-state index is 12.9. The maximum atomic E-state index is 12.9. The molecule has 1 aliphatic rings. The van der Waals surface area contributed by atoms with Crippen molar-refractivity contribution in [1.82, 2.24) is 9.80 Å². The fourth-order valence-electron chi connectivity index (χ4n) is 3.06. The second-order valence-corrected chi connectivity index (χ2v) is 7.07. The summed E-state index contributed by atoms with van der Waals surface area (Å²) in [4.78, 5) is 18.0. The van der Waals surface area contributed by atoms with Gasteiger partial charge in [-0.3, -0.25) is 9.69 Å². The van der Waals surface area contributed by atoms with Gasteiger partial charge in [0.1, 0.15) is 0 Å². The van der Waals surface area contributed by atoms with E-state index in [0.717, 1.165) is 43.2 Å². The van der Waals surface area contributed by atoms with E-state index in [1.165, 1.54) is 10.1 Å². The Labute approximate surface area is 146 Å². The predicted octanol–water partition coefficient (Wildman–Crippen LogP) is 1.98. The van der Waals surface area contributed by atoms with Crippen LogP contribution in [0.3, 0.4) is 0 Å². The highest BCUT2D eigenvalue weighted by Gasteiger charge is 2.25. The third-order valence-corrected chi connectivity index (χ3v) is 5.75. The normalized spacial score (nSPS) is 16.0. The van der Waals surface area contributed by atoms with E-state index in [1.54, 1.807) is 11.3 Å². The predicted molar refractivity (Wildman–Crippen MR) is 96.8 cm³/mol. The molecule has 1 aromatic carbocycles. The molecule has 1 aliphatic heterocycles. The molecule has 0 bridgehead atoms. The molecule has 0 radical (unpaired) electrons. The first-order chi connectivity index (χ1) is 11.7. The van der Waals surface area contributed by atoms with Crippen LogP contribution in [0.5, 0.6) is 0 Å².